The SMILES string of the molecule is O=C1OC[C@H]2/C(=C\CO)[C@H](O)C[C@@H]12. The fraction of sp³-hybridized carbons (Fsp3) is 0.667. The summed E-state index contributed by atoms with van der Waals surface area (Å²) in [5, 5.41) is 18.3. The van der Waals surface area contributed by atoms with Gasteiger partial charge in [0, 0.05) is 5.92 Å². The zero-order valence-electron chi connectivity index (χ0n) is 7.14. The summed E-state index contributed by atoms with van der Waals surface area (Å²) in [7, 11) is 0. The van der Waals surface area contributed by atoms with Crippen molar-refractivity contribution in [3.05, 3.63) is 11.6 Å². The average molecular weight is 184 g/mol. The molecule has 2 N–H and O–H groups in total. The van der Waals surface area contributed by atoms with Crippen LogP contribution in [0.4, 0.5) is 0 Å². The van der Waals surface area contributed by atoms with Crippen LogP contribution in [0.25, 0.3) is 0 Å². The normalized spacial score (nSPS) is 40.9. The van der Waals surface area contributed by atoms with Crippen molar-refractivity contribution in [2.24, 2.45) is 11.8 Å². The van der Waals surface area contributed by atoms with Crippen molar-refractivity contribution in [2.75, 3.05) is 13.2 Å². The van der Waals surface area contributed by atoms with E-state index in [9.17, 15) is 9.90 Å². The number of hydrogen-bond acceptors (Lipinski definition) is 4. The molecule has 2 fully saturated rings. The van der Waals surface area contributed by atoms with Crippen LogP contribution in [0.15, 0.2) is 11.6 Å². The molecule has 13 heavy (non-hydrogen) atoms. The Morgan fingerprint density at radius 2 is 2.31 bits per heavy atom. The topological polar surface area (TPSA) is 66.8 Å². The summed E-state index contributed by atoms with van der Waals surface area (Å²) in [6, 6.07) is 0. The number of cyclic esters (lactones) is 1. The van der Waals surface area contributed by atoms with Gasteiger partial charge in [-0.1, -0.05) is 6.08 Å². The van der Waals surface area contributed by atoms with Crippen LogP contribution in [0.3, 0.4) is 0 Å². The van der Waals surface area contributed by atoms with Crippen LogP contribution in [0.5, 0.6) is 0 Å². The number of hydrogen-bond donors (Lipinski definition) is 2. The highest BCUT2D eigenvalue weighted by Crippen LogP contribution is 2.41. The van der Waals surface area contributed by atoms with E-state index in [-0.39, 0.29) is 24.4 Å². The molecule has 0 bridgehead atoms. The largest absolute Gasteiger partial charge is 0.465 e. The van der Waals surface area contributed by atoms with Gasteiger partial charge in [0.05, 0.1) is 25.2 Å². The molecule has 4 nitrogen and oxygen atoms in total. The van der Waals surface area contributed by atoms with Crippen LogP contribution in [-0.4, -0.2) is 35.5 Å². The van der Waals surface area contributed by atoms with Crippen molar-refractivity contribution in [1.29, 1.82) is 0 Å². The van der Waals surface area contributed by atoms with Gasteiger partial charge in [0.2, 0.25) is 0 Å². The molecule has 1 saturated carbocycles. The molecule has 2 aliphatic rings. The second-order valence-corrected chi connectivity index (χ2v) is 3.48. The van der Waals surface area contributed by atoms with Gasteiger partial charge in [-0.3, -0.25) is 4.79 Å². The first-order valence-corrected chi connectivity index (χ1v) is 4.39. The minimum atomic E-state index is -0.574. The van der Waals surface area contributed by atoms with Crippen molar-refractivity contribution in [3.63, 3.8) is 0 Å². The first-order valence-electron chi connectivity index (χ1n) is 4.39. The molecule has 2 rings (SSSR count). The molecular formula is C9H12O4. The molecule has 0 aromatic rings. The Bertz CT molecular complexity index is 258. The number of ether oxygens (including phenoxy) is 1. The Balaban J connectivity index is 2.22. The number of carbonyl (C=O) groups is 1. The van der Waals surface area contributed by atoms with Crippen LogP contribution >= 0.6 is 0 Å². The number of rotatable bonds is 1. The molecule has 4 heteroatoms. The lowest BCUT2D eigenvalue weighted by Crippen LogP contribution is -2.10. The number of fused-ring (bicyclic) bond motifs is 1. The third-order valence-electron chi connectivity index (χ3n) is 2.81. The molecule has 1 aliphatic heterocycles. The molecule has 0 aromatic heterocycles. The van der Waals surface area contributed by atoms with Crippen LogP contribution in [0.2, 0.25) is 0 Å². The fourth-order valence-corrected chi connectivity index (χ4v) is 2.16. The zero-order chi connectivity index (χ0) is 9.42. The highest BCUT2D eigenvalue weighted by molar-refractivity contribution is 5.76. The minimum Gasteiger partial charge on any atom is -0.465 e. The standard InChI is InChI=1S/C9H12O4/c10-2-1-5-7-4-13-9(12)6(7)3-8(5)11/h1,6-8,10-11H,2-4H2/b5-1+/t6-,7+,8-/m1/s1. The van der Waals surface area contributed by atoms with E-state index in [1.54, 1.807) is 6.08 Å². The second kappa shape index (κ2) is 3.12. The van der Waals surface area contributed by atoms with Crippen LogP contribution in [0, 0.1) is 11.8 Å². The molecule has 1 saturated heterocycles. The molecular weight excluding hydrogens is 172 g/mol. The van der Waals surface area contributed by atoms with E-state index in [0.717, 1.165) is 5.57 Å². The number of esters is 1. The van der Waals surface area contributed by atoms with Gasteiger partial charge in [0.1, 0.15) is 0 Å². The van der Waals surface area contributed by atoms with Gasteiger partial charge in [-0.05, 0) is 12.0 Å². The molecule has 0 radical (unpaired) electrons. The Kier molecular flexibility index (Phi) is 2.09. The highest BCUT2D eigenvalue weighted by Gasteiger charge is 2.47. The summed E-state index contributed by atoms with van der Waals surface area (Å²) in [6.07, 6.45) is 1.45. The lowest BCUT2D eigenvalue weighted by Gasteiger charge is -2.08. The second-order valence-electron chi connectivity index (χ2n) is 3.48. The molecule has 3 atom stereocenters. The van der Waals surface area contributed by atoms with E-state index in [1.165, 1.54) is 0 Å². The third-order valence-corrected chi connectivity index (χ3v) is 2.81. The molecule has 0 spiro atoms. The summed E-state index contributed by atoms with van der Waals surface area (Å²) in [4.78, 5) is 11.1. The summed E-state index contributed by atoms with van der Waals surface area (Å²) < 4.78 is 4.87. The maximum Gasteiger partial charge on any atom is 0.309 e. The van der Waals surface area contributed by atoms with Crippen molar-refractivity contribution >= 4 is 5.97 Å². The molecule has 1 aliphatic carbocycles. The van der Waals surface area contributed by atoms with Crippen molar-refractivity contribution in [1.82, 2.24) is 0 Å². The van der Waals surface area contributed by atoms with E-state index in [1.807, 2.05) is 0 Å². The van der Waals surface area contributed by atoms with Gasteiger partial charge >= 0.3 is 5.97 Å². The van der Waals surface area contributed by atoms with Crippen LogP contribution in [-0.2, 0) is 9.53 Å². The van der Waals surface area contributed by atoms with Crippen LogP contribution < -0.4 is 0 Å². The van der Waals surface area contributed by atoms with Gasteiger partial charge in [-0.25, -0.2) is 0 Å². The minimum absolute atomic E-state index is 0.00495. The molecule has 72 valence electrons. The quantitative estimate of drug-likeness (QED) is 0.424. The number of aliphatic hydroxyl groups excluding tert-OH is 2. The lowest BCUT2D eigenvalue weighted by atomic mass is 9.96. The highest BCUT2D eigenvalue weighted by atomic mass is 16.5. The fourth-order valence-electron chi connectivity index (χ4n) is 2.16. The monoisotopic (exact) mass is 184 g/mol. The van der Waals surface area contributed by atoms with E-state index in [2.05, 4.69) is 0 Å². The van der Waals surface area contributed by atoms with Gasteiger partial charge in [-0.15, -0.1) is 0 Å². The van der Waals surface area contributed by atoms with Gasteiger partial charge in [0.15, 0.2) is 0 Å². The predicted molar refractivity (Wildman–Crippen MR) is 43.7 cm³/mol. The smallest absolute Gasteiger partial charge is 0.309 e. The summed E-state index contributed by atoms with van der Waals surface area (Å²) >= 11 is 0. The summed E-state index contributed by atoms with van der Waals surface area (Å²) in [5.41, 5.74) is 0.762. The molecule has 0 unspecified atom stereocenters. The summed E-state index contributed by atoms with van der Waals surface area (Å²) in [5.74, 6) is -0.409. The first-order chi connectivity index (χ1) is 6.24. The molecule has 0 amide bonds. The first kappa shape index (κ1) is 8.72. The Hall–Kier alpha value is -0.870. The van der Waals surface area contributed by atoms with E-state index in [0.29, 0.717) is 13.0 Å². The van der Waals surface area contributed by atoms with Crippen molar-refractivity contribution in [2.45, 2.75) is 12.5 Å². The van der Waals surface area contributed by atoms with E-state index < -0.39 is 6.10 Å². The Morgan fingerprint density at radius 1 is 1.54 bits per heavy atom. The zero-order valence-corrected chi connectivity index (χ0v) is 7.14. The maximum atomic E-state index is 11.1. The van der Waals surface area contributed by atoms with Crippen molar-refractivity contribution in [3.8, 4) is 0 Å². The molecule has 1 heterocycles. The maximum absolute atomic E-state index is 11.1. The van der Waals surface area contributed by atoms with Gasteiger partial charge in [0.25, 0.3) is 0 Å². The lowest BCUT2D eigenvalue weighted by molar-refractivity contribution is -0.141. The van der Waals surface area contributed by atoms with Gasteiger partial charge < -0.3 is 14.9 Å². The summed E-state index contributed by atoms with van der Waals surface area (Å²) in [6.45, 7) is 0.260. The van der Waals surface area contributed by atoms with E-state index in [4.69, 9.17) is 9.84 Å². The van der Waals surface area contributed by atoms with Crippen molar-refractivity contribution < 1.29 is 19.7 Å². The third kappa shape index (κ3) is 1.26. The predicted octanol–water partition coefficient (Wildman–Crippen LogP) is -0.541. The van der Waals surface area contributed by atoms with E-state index >= 15 is 0 Å². The van der Waals surface area contributed by atoms with Gasteiger partial charge in [-0.2, -0.15) is 0 Å². The Morgan fingerprint density at radius 3 is 3.00 bits per heavy atom. The number of aliphatic hydroxyl groups is 2. The molecule has 0 aromatic carbocycles. The Labute approximate surface area is 75.8 Å². The van der Waals surface area contributed by atoms with Crippen LogP contribution in [0.1, 0.15) is 6.42 Å². The number of carbonyl (C=O) groups excluding carboxylic acids is 1. The average Bonchev–Trinajstić information content (AvgIpc) is 2.58.